The Bertz CT molecular complexity index is 414. The van der Waals surface area contributed by atoms with Crippen LogP contribution < -0.4 is 11.1 Å². The van der Waals surface area contributed by atoms with Crippen LogP contribution in [0.5, 0.6) is 0 Å². The maximum Gasteiger partial charge on any atom is 0.252 e. The molecule has 0 saturated carbocycles. The van der Waals surface area contributed by atoms with Crippen molar-refractivity contribution in [2.45, 2.75) is 39.2 Å². The summed E-state index contributed by atoms with van der Waals surface area (Å²) in [6.07, 6.45) is 1.80. The molecule has 0 heterocycles. The Balaban J connectivity index is 2.94. The summed E-state index contributed by atoms with van der Waals surface area (Å²) in [6, 6.07) is 5.31. The average molecular weight is 299 g/mol. The SMILES string of the molecule is CCC(C)(CC)NC(=O)c1cccc(N)c1Br. The second kappa shape index (κ2) is 5.54. The van der Waals surface area contributed by atoms with E-state index in [0.717, 1.165) is 12.8 Å². The zero-order valence-corrected chi connectivity index (χ0v) is 12.1. The van der Waals surface area contributed by atoms with Gasteiger partial charge in [0, 0.05) is 11.2 Å². The zero-order chi connectivity index (χ0) is 13.1. The van der Waals surface area contributed by atoms with Crippen molar-refractivity contribution < 1.29 is 4.79 Å². The van der Waals surface area contributed by atoms with Crippen molar-refractivity contribution in [3.05, 3.63) is 28.2 Å². The van der Waals surface area contributed by atoms with Gasteiger partial charge in [-0.15, -0.1) is 0 Å². The van der Waals surface area contributed by atoms with E-state index in [-0.39, 0.29) is 11.4 Å². The lowest BCUT2D eigenvalue weighted by Crippen LogP contribution is -2.45. The van der Waals surface area contributed by atoms with Crippen LogP contribution in [0.4, 0.5) is 5.69 Å². The maximum absolute atomic E-state index is 12.2. The number of nitrogens with two attached hydrogens (primary N) is 1. The van der Waals surface area contributed by atoms with Gasteiger partial charge in [0.2, 0.25) is 0 Å². The Morgan fingerprint density at radius 2 is 2.00 bits per heavy atom. The minimum absolute atomic E-state index is 0.0876. The Kier molecular flexibility index (Phi) is 4.57. The number of halogens is 1. The van der Waals surface area contributed by atoms with Crippen LogP contribution in [-0.2, 0) is 0 Å². The molecule has 1 aromatic rings. The van der Waals surface area contributed by atoms with Crippen molar-refractivity contribution in [3.8, 4) is 0 Å². The minimum Gasteiger partial charge on any atom is -0.398 e. The van der Waals surface area contributed by atoms with Gasteiger partial charge in [-0.3, -0.25) is 4.79 Å². The molecule has 0 unspecified atom stereocenters. The van der Waals surface area contributed by atoms with E-state index in [4.69, 9.17) is 5.73 Å². The molecule has 0 aliphatic heterocycles. The summed E-state index contributed by atoms with van der Waals surface area (Å²) in [4.78, 5) is 12.2. The van der Waals surface area contributed by atoms with Crippen molar-refractivity contribution in [3.63, 3.8) is 0 Å². The van der Waals surface area contributed by atoms with E-state index >= 15 is 0 Å². The Morgan fingerprint density at radius 3 is 2.53 bits per heavy atom. The highest BCUT2D eigenvalue weighted by molar-refractivity contribution is 9.10. The molecule has 1 aromatic carbocycles. The lowest BCUT2D eigenvalue weighted by Gasteiger charge is -2.28. The first kappa shape index (κ1) is 14.0. The van der Waals surface area contributed by atoms with E-state index in [2.05, 4.69) is 35.1 Å². The molecule has 1 rings (SSSR count). The van der Waals surface area contributed by atoms with Crippen molar-refractivity contribution in [2.24, 2.45) is 0 Å². The summed E-state index contributed by atoms with van der Waals surface area (Å²) < 4.78 is 0.659. The number of amides is 1. The molecule has 4 heteroatoms. The van der Waals surface area contributed by atoms with Crippen LogP contribution in [0.3, 0.4) is 0 Å². The molecule has 94 valence electrons. The molecular weight excluding hydrogens is 280 g/mol. The predicted octanol–water partition coefficient (Wildman–Crippen LogP) is 3.34. The zero-order valence-electron chi connectivity index (χ0n) is 10.5. The van der Waals surface area contributed by atoms with Gasteiger partial charge in [-0.2, -0.15) is 0 Å². The fraction of sp³-hybridized carbons (Fsp3) is 0.462. The monoisotopic (exact) mass is 298 g/mol. The van der Waals surface area contributed by atoms with Crippen molar-refractivity contribution in [2.75, 3.05) is 5.73 Å². The van der Waals surface area contributed by atoms with Crippen molar-refractivity contribution >= 4 is 27.5 Å². The Hall–Kier alpha value is -1.03. The van der Waals surface area contributed by atoms with E-state index in [1.54, 1.807) is 18.2 Å². The summed E-state index contributed by atoms with van der Waals surface area (Å²) in [5.74, 6) is -0.0876. The van der Waals surface area contributed by atoms with Gasteiger partial charge < -0.3 is 11.1 Å². The topological polar surface area (TPSA) is 55.1 Å². The summed E-state index contributed by atoms with van der Waals surface area (Å²) >= 11 is 3.35. The minimum atomic E-state index is -0.166. The number of hydrogen-bond donors (Lipinski definition) is 2. The highest BCUT2D eigenvalue weighted by Crippen LogP contribution is 2.24. The van der Waals surface area contributed by atoms with Crippen molar-refractivity contribution in [1.82, 2.24) is 5.32 Å². The van der Waals surface area contributed by atoms with Crippen LogP contribution in [0.25, 0.3) is 0 Å². The van der Waals surface area contributed by atoms with Crippen LogP contribution in [0, 0.1) is 0 Å². The number of hydrogen-bond acceptors (Lipinski definition) is 2. The van der Waals surface area contributed by atoms with E-state index in [1.807, 2.05) is 6.92 Å². The second-order valence-electron chi connectivity index (χ2n) is 4.43. The highest BCUT2D eigenvalue weighted by atomic mass is 79.9. The highest BCUT2D eigenvalue weighted by Gasteiger charge is 2.23. The third-order valence-electron chi connectivity index (χ3n) is 3.25. The maximum atomic E-state index is 12.2. The largest absolute Gasteiger partial charge is 0.398 e. The van der Waals surface area contributed by atoms with E-state index in [1.165, 1.54) is 0 Å². The van der Waals surface area contributed by atoms with E-state index in [9.17, 15) is 4.79 Å². The van der Waals surface area contributed by atoms with Crippen LogP contribution in [0.15, 0.2) is 22.7 Å². The lowest BCUT2D eigenvalue weighted by molar-refractivity contribution is 0.0900. The smallest absolute Gasteiger partial charge is 0.252 e. The quantitative estimate of drug-likeness (QED) is 0.838. The van der Waals surface area contributed by atoms with E-state index < -0.39 is 0 Å². The Labute approximate surface area is 111 Å². The first-order chi connectivity index (χ1) is 7.93. The van der Waals surface area contributed by atoms with Crippen molar-refractivity contribution in [1.29, 1.82) is 0 Å². The van der Waals surface area contributed by atoms with Gasteiger partial charge in [-0.05, 0) is 47.8 Å². The number of anilines is 1. The van der Waals surface area contributed by atoms with Crippen LogP contribution in [0.2, 0.25) is 0 Å². The third-order valence-corrected chi connectivity index (χ3v) is 4.13. The molecule has 0 aromatic heterocycles. The lowest BCUT2D eigenvalue weighted by atomic mass is 9.95. The molecule has 0 radical (unpaired) electrons. The fourth-order valence-electron chi connectivity index (χ4n) is 1.49. The summed E-state index contributed by atoms with van der Waals surface area (Å²) in [7, 11) is 0. The summed E-state index contributed by atoms with van der Waals surface area (Å²) in [6.45, 7) is 6.18. The van der Waals surface area contributed by atoms with Crippen LogP contribution >= 0.6 is 15.9 Å². The van der Waals surface area contributed by atoms with E-state index in [0.29, 0.717) is 15.7 Å². The molecule has 0 spiro atoms. The molecule has 0 aliphatic rings. The van der Waals surface area contributed by atoms with Gasteiger partial charge in [0.05, 0.1) is 10.0 Å². The van der Waals surface area contributed by atoms with Gasteiger partial charge in [-0.25, -0.2) is 0 Å². The number of rotatable bonds is 4. The van der Waals surface area contributed by atoms with Gasteiger partial charge in [-0.1, -0.05) is 19.9 Å². The molecule has 3 nitrogen and oxygen atoms in total. The first-order valence-corrected chi connectivity index (χ1v) is 6.59. The molecule has 0 saturated heterocycles. The normalized spacial score (nSPS) is 11.3. The van der Waals surface area contributed by atoms with Crippen LogP contribution in [-0.4, -0.2) is 11.4 Å². The van der Waals surface area contributed by atoms with Gasteiger partial charge in [0.25, 0.3) is 5.91 Å². The summed E-state index contributed by atoms with van der Waals surface area (Å²) in [5.41, 5.74) is 6.75. The van der Waals surface area contributed by atoms with Gasteiger partial charge in [0.1, 0.15) is 0 Å². The molecule has 1 amide bonds. The first-order valence-electron chi connectivity index (χ1n) is 5.80. The molecule has 0 fully saturated rings. The number of nitrogen functional groups attached to an aromatic ring is 1. The number of carbonyl (C=O) groups excluding carboxylic acids is 1. The summed E-state index contributed by atoms with van der Waals surface area (Å²) in [5, 5.41) is 3.05. The van der Waals surface area contributed by atoms with Gasteiger partial charge in [0.15, 0.2) is 0 Å². The molecule has 0 aliphatic carbocycles. The molecule has 3 N–H and O–H groups in total. The Morgan fingerprint density at radius 1 is 1.41 bits per heavy atom. The molecule has 0 bridgehead atoms. The van der Waals surface area contributed by atoms with Crippen LogP contribution in [0.1, 0.15) is 44.0 Å². The second-order valence-corrected chi connectivity index (χ2v) is 5.22. The third kappa shape index (κ3) is 3.22. The number of nitrogens with one attached hydrogen (secondary N) is 1. The molecule has 17 heavy (non-hydrogen) atoms. The fourth-order valence-corrected chi connectivity index (χ4v) is 1.94. The number of benzene rings is 1. The predicted molar refractivity (Wildman–Crippen MR) is 75.0 cm³/mol. The average Bonchev–Trinajstić information content (AvgIpc) is 2.32. The molecule has 0 atom stereocenters. The van der Waals surface area contributed by atoms with Gasteiger partial charge >= 0.3 is 0 Å². The molecular formula is C13H19BrN2O. The number of carbonyl (C=O) groups is 1. The standard InChI is InChI=1S/C13H19BrN2O/c1-4-13(3,5-2)16-12(17)9-7-6-8-10(15)11(9)14/h6-8H,4-5,15H2,1-3H3,(H,16,17).